The van der Waals surface area contributed by atoms with E-state index in [0.29, 0.717) is 10.9 Å². The van der Waals surface area contributed by atoms with Crippen LogP contribution in [-0.4, -0.2) is 18.7 Å². The lowest BCUT2D eigenvalue weighted by molar-refractivity contribution is 0.565. The molecule has 1 N–H and O–H groups in total. The van der Waals surface area contributed by atoms with Gasteiger partial charge in [-0.05, 0) is 42.3 Å². The van der Waals surface area contributed by atoms with Crippen molar-refractivity contribution < 1.29 is 13.2 Å². The van der Waals surface area contributed by atoms with Gasteiger partial charge in [0.1, 0.15) is 12.1 Å². The average molecular weight is 302 g/mol. The van der Waals surface area contributed by atoms with Crippen LogP contribution in [0.15, 0.2) is 47.6 Å². The molecule has 0 fully saturated rings. The highest BCUT2D eigenvalue weighted by atomic mass is 32.2. The lowest BCUT2D eigenvalue weighted by Crippen LogP contribution is -1.96. The van der Waals surface area contributed by atoms with Crippen molar-refractivity contribution in [2.75, 3.05) is 0 Å². The Labute approximate surface area is 123 Å². The Morgan fingerprint density at radius 3 is 2.48 bits per heavy atom. The van der Waals surface area contributed by atoms with E-state index in [1.54, 1.807) is 18.2 Å². The molecule has 2 aromatic carbocycles. The molecule has 0 radical (unpaired) electrons. The summed E-state index contributed by atoms with van der Waals surface area (Å²) in [7, 11) is 0. The molecule has 1 unspecified atom stereocenters. The number of aryl methyl sites for hydroxylation is 1. The Kier molecular flexibility index (Phi) is 3.48. The van der Waals surface area contributed by atoms with Crippen molar-refractivity contribution in [1.82, 2.24) is 9.97 Å². The minimum atomic E-state index is -2.16. The van der Waals surface area contributed by atoms with Crippen molar-refractivity contribution >= 4 is 22.0 Å². The smallest absolute Gasteiger partial charge is 0.188 e. The van der Waals surface area contributed by atoms with Crippen molar-refractivity contribution in [3.05, 3.63) is 54.2 Å². The van der Waals surface area contributed by atoms with Crippen LogP contribution in [0.4, 0.5) is 4.39 Å². The summed E-state index contributed by atoms with van der Waals surface area (Å²) < 4.78 is 34.1. The molecule has 3 rings (SSSR count). The molecule has 1 aromatic heterocycles. The molecule has 0 saturated carbocycles. The fourth-order valence-electron chi connectivity index (χ4n) is 2.20. The largest absolute Gasteiger partial charge is 0.302 e. The number of rotatable bonds is 2. The number of aromatic nitrogens is 2. The van der Waals surface area contributed by atoms with Crippen molar-refractivity contribution in [2.45, 2.75) is 11.8 Å². The van der Waals surface area contributed by atoms with Gasteiger partial charge in [0.25, 0.3) is 0 Å². The Morgan fingerprint density at radius 1 is 1.10 bits per heavy atom. The molecule has 0 spiro atoms. The summed E-state index contributed by atoms with van der Waals surface area (Å²) in [6.07, 6.45) is 1.37. The van der Waals surface area contributed by atoms with Crippen LogP contribution in [0.3, 0.4) is 0 Å². The van der Waals surface area contributed by atoms with Gasteiger partial charge in [-0.25, -0.2) is 18.6 Å². The highest BCUT2D eigenvalue weighted by Gasteiger charge is 2.13. The molecule has 21 heavy (non-hydrogen) atoms. The van der Waals surface area contributed by atoms with Gasteiger partial charge in [0.2, 0.25) is 0 Å². The van der Waals surface area contributed by atoms with Gasteiger partial charge in [-0.2, -0.15) is 0 Å². The third kappa shape index (κ3) is 2.55. The predicted octanol–water partition coefficient (Wildman–Crippen LogP) is 3.32. The SMILES string of the molecule is Cc1ncnc2c(S(=O)O)cc(-c3ccc(F)cc3)cc12. The second-order valence-electron chi connectivity index (χ2n) is 4.59. The quantitative estimate of drug-likeness (QED) is 0.738. The van der Waals surface area contributed by atoms with Crippen LogP contribution < -0.4 is 0 Å². The predicted molar refractivity (Wildman–Crippen MR) is 78.7 cm³/mol. The van der Waals surface area contributed by atoms with Crippen LogP contribution in [0, 0.1) is 12.7 Å². The van der Waals surface area contributed by atoms with E-state index >= 15 is 0 Å². The zero-order valence-corrected chi connectivity index (χ0v) is 11.9. The van der Waals surface area contributed by atoms with Gasteiger partial charge in [-0.1, -0.05) is 12.1 Å². The molecular formula is C15H11FN2O2S. The third-order valence-corrected chi connectivity index (χ3v) is 3.96. The molecule has 6 heteroatoms. The molecule has 0 aliphatic carbocycles. The summed E-state index contributed by atoms with van der Waals surface area (Å²) >= 11 is -2.16. The molecule has 0 bridgehead atoms. The fraction of sp³-hybridized carbons (Fsp3) is 0.0667. The second-order valence-corrected chi connectivity index (χ2v) is 5.52. The van der Waals surface area contributed by atoms with Gasteiger partial charge >= 0.3 is 0 Å². The molecule has 0 amide bonds. The minimum Gasteiger partial charge on any atom is -0.302 e. The number of fused-ring (bicyclic) bond motifs is 1. The molecular weight excluding hydrogens is 291 g/mol. The first kappa shape index (κ1) is 13.8. The second kappa shape index (κ2) is 5.31. The lowest BCUT2D eigenvalue weighted by Gasteiger charge is -2.09. The number of nitrogens with zero attached hydrogens (tertiary/aromatic N) is 2. The Balaban J connectivity index is 2.32. The summed E-state index contributed by atoms with van der Waals surface area (Å²) in [6.45, 7) is 1.81. The van der Waals surface area contributed by atoms with E-state index in [4.69, 9.17) is 0 Å². The molecule has 3 aromatic rings. The van der Waals surface area contributed by atoms with Crippen molar-refractivity contribution in [3.63, 3.8) is 0 Å². The van der Waals surface area contributed by atoms with E-state index in [-0.39, 0.29) is 10.7 Å². The third-order valence-electron chi connectivity index (χ3n) is 3.27. The van der Waals surface area contributed by atoms with Crippen molar-refractivity contribution in [2.24, 2.45) is 0 Å². The van der Waals surface area contributed by atoms with E-state index in [1.807, 2.05) is 13.0 Å². The number of halogens is 1. The van der Waals surface area contributed by atoms with E-state index in [1.165, 1.54) is 18.5 Å². The molecule has 1 heterocycles. The summed E-state index contributed by atoms with van der Waals surface area (Å²) in [6, 6.07) is 9.39. The summed E-state index contributed by atoms with van der Waals surface area (Å²) in [5, 5.41) is 0.705. The molecule has 0 aliphatic heterocycles. The van der Waals surface area contributed by atoms with Crippen molar-refractivity contribution in [1.29, 1.82) is 0 Å². The molecule has 106 valence electrons. The van der Waals surface area contributed by atoms with Crippen LogP contribution in [-0.2, 0) is 11.1 Å². The number of hydrogen-bond acceptors (Lipinski definition) is 3. The molecule has 0 saturated heterocycles. The maximum absolute atomic E-state index is 13.0. The van der Waals surface area contributed by atoms with Gasteiger partial charge in [0, 0.05) is 11.1 Å². The molecule has 4 nitrogen and oxygen atoms in total. The number of hydrogen-bond donors (Lipinski definition) is 1. The Hall–Kier alpha value is -2.18. The lowest BCUT2D eigenvalue weighted by atomic mass is 10.0. The highest BCUT2D eigenvalue weighted by Crippen LogP contribution is 2.29. The van der Waals surface area contributed by atoms with Crippen LogP contribution in [0.5, 0.6) is 0 Å². The Morgan fingerprint density at radius 2 is 1.81 bits per heavy atom. The summed E-state index contributed by atoms with van der Waals surface area (Å²) in [5.41, 5.74) is 2.65. The highest BCUT2D eigenvalue weighted by molar-refractivity contribution is 7.79. The maximum atomic E-state index is 13.0. The van der Waals surface area contributed by atoms with Gasteiger partial charge in [0.15, 0.2) is 11.1 Å². The van der Waals surface area contributed by atoms with Gasteiger partial charge in [-0.3, -0.25) is 0 Å². The summed E-state index contributed by atoms with van der Waals surface area (Å²) in [4.78, 5) is 8.41. The average Bonchev–Trinajstić information content (AvgIpc) is 2.47. The molecule has 0 aliphatic rings. The first-order valence-corrected chi connectivity index (χ1v) is 7.29. The Bertz CT molecular complexity index is 850. The monoisotopic (exact) mass is 302 g/mol. The normalized spacial score (nSPS) is 12.5. The van der Waals surface area contributed by atoms with E-state index in [9.17, 15) is 13.2 Å². The minimum absolute atomic E-state index is 0.220. The zero-order valence-electron chi connectivity index (χ0n) is 11.1. The number of benzene rings is 2. The van der Waals surface area contributed by atoms with Crippen LogP contribution in [0.1, 0.15) is 5.69 Å². The standard InChI is InChI=1S/C15H11FN2O2S/c1-9-13-6-11(10-2-4-12(16)5-3-10)7-14(21(19)20)15(13)18-8-17-9/h2-8H,1H3,(H,19,20). The van der Waals surface area contributed by atoms with Gasteiger partial charge in [0.05, 0.1) is 10.4 Å². The fourth-order valence-corrected chi connectivity index (χ4v) is 2.76. The topological polar surface area (TPSA) is 63.1 Å². The first-order valence-electron chi connectivity index (χ1n) is 6.18. The van der Waals surface area contributed by atoms with Crippen molar-refractivity contribution in [3.8, 4) is 11.1 Å². The van der Waals surface area contributed by atoms with E-state index in [0.717, 1.165) is 16.8 Å². The van der Waals surface area contributed by atoms with Crippen LogP contribution >= 0.6 is 0 Å². The van der Waals surface area contributed by atoms with Gasteiger partial charge < -0.3 is 4.55 Å². The summed E-state index contributed by atoms with van der Waals surface area (Å²) in [5.74, 6) is -0.329. The van der Waals surface area contributed by atoms with Gasteiger partial charge in [-0.15, -0.1) is 0 Å². The van der Waals surface area contributed by atoms with E-state index < -0.39 is 11.1 Å². The maximum Gasteiger partial charge on any atom is 0.188 e. The zero-order chi connectivity index (χ0) is 15.0. The first-order chi connectivity index (χ1) is 10.1. The van der Waals surface area contributed by atoms with E-state index in [2.05, 4.69) is 9.97 Å². The van der Waals surface area contributed by atoms with Crippen LogP contribution in [0.25, 0.3) is 22.0 Å². The molecule has 1 atom stereocenters. The van der Waals surface area contributed by atoms with Crippen LogP contribution in [0.2, 0.25) is 0 Å².